The van der Waals surface area contributed by atoms with Crippen LogP contribution in [-0.4, -0.2) is 9.97 Å². The Bertz CT molecular complexity index is 2240. The number of pyridine rings is 2. The van der Waals surface area contributed by atoms with Gasteiger partial charge in [-0.15, -0.1) is 0 Å². The molecular formula is C41H30N2. The number of aromatic nitrogens is 2. The van der Waals surface area contributed by atoms with Crippen molar-refractivity contribution in [1.29, 1.82) is 0 Å². The van der Waals surface area contributed by atoms with Gasteiger partial charge < -0.3 is 0 Å². The summed E-state index contributed by atoms with van der Waals surface area (Å²) in [6.45, 7) is 2.30. The van der Waals surface area contributed by atoms with Crippen LogP contribution in [0.1, 0.15) is 18.5 Å². The lowest BCUT2D eigenvalue weighted by Crippen LogP contribution is -2.31. The molecule has 0 saturated carbocycles. The minimum absolute atomic E-state index is 0.194. The molecule has 5 aromatic carbocycles. The van der Waals surface area contributed by atoms with Crippen LogP contribution in [0.3, 0.4) is 0 Å². The molecule has 1 aliphatic carbocycles. The van der Waals surface area contributed by atoms with Crippen LogP contribution in [0.25, 0.3) is 67.3 Å². The Balaban J connectivity index is 1.29. The Hall–Kier alpha value is -5.34. The van der Waals surface area contributed by atoms with E-state index in [9.17, 15) is 0 Å². The van der Waals surface area contributed by atoms with E-state index >= 15 is 0 Å². The quantitative estimate of drug-likeness (QED) is 0.219. The molecular weight excluding hydrogens is 520 g/mol. The van der Waals surface area contributed by atoms with Crippen LogP contribution in [0.2, 0.25) is 0 Å². The zero-order valence-corrected chi connectivity index (χ0v) is 24.0. The lowest BCUT2D eigenvalue weighted by Gasteiger charge is -2.22. The van der Waals surface area contributed by atoms with Gasteiger partial charge in [0.25, 0.3) is 0 Å². The third kappa shape index (κ3) is 4.62. The van der Waals surface area contributed by atoms with Crippen molar-refractivity contribution < 1.29 is 0 Å². The summed E-state index contributed by atoms with van der Waals surface area (Å²) in [6.07, 6.45) is 6.65. The Morgan fingerprint density at radius 3 is 2.05 bits per heavy atom. The van der Waals surface area contributed by atoms with Crippen molar-refractivity contribution in [1.82, 2.24) is 9.97 Å². The molecule has 0 radical (unpaired) electrons. The minimum Gasteiger partial charge on any atom is -0.256 e. The molecule has 0 N–H and O–H groups in total. The first-order valence-electron chi connectivity index (χ1n) is 14.9. The van der Waals surface area contributed by atoms with Gasteiger partial charge in [-0.1, -0.05) is 134 Å². The minimum atomic E-state index is 0.194. The molecule has 2 heterocycles. The normalized spacial score (nSPS) is 15.9. The van der Waals surface area contributed by atoms with Crippen LogP contribution in [-0.2, 0) is 0 Å². The van der Waals surface area contributed by atoms with Crippen molar-refractivity contribution in [2.75, 3.05) is 0 Å². The number of fused-ring (bicyclic) bond motifs is 3. The van der Waals surface area contributed by atoms with Crippen molar-refractivity contribution in [3.63, 3.8) is 0 Å². The molecule has 43 heavy (non-hydrogen) atoms. The van der Waals surface area contributed by atoms with E-state index in [2.05, 4.69) is 151 Å². The number of para-hydroxylation sites is 1. The molecule has 0 amide bonds. The van der Waals surface area contributed by atoms with Gasteiger partial charge >= 0.3 is 0 Å². The second kappa shape index (κ2) is 10.5. The lowest BCUT2D eigenvalue weighted by atomic mass is 9.84. The van der Waals surface area contributed by atoms with E-state index < -0.39 is 0 Å². The standard InChI is InChI=1S/C41H30N2/c1-27-23-32-11-5-6-12-33(32)24-37(27)40-26-38(36-21-20-34(25-39(36)43-40)28-9-3-2-4-10-28)30-18-16-29(17-19-30)35-15-7-13-31-14-8-22-42-41(31)35/h2-27,37H,1H3/t27?,37-/m0/s1. The summed E-state index contributed by atoms with van der Waals surface area (Å²) in [5.74, 6) is 0.533. The van der Waals surface area contributed by atoms with E-state index in [4.69, 9.17) is 4.98 Å². The first-order valence-corrected chi connectivity index (χ1v) is 14.9. The smallest absolute Gasteiger partial charge is 0.0780 e. The molecule has 2 nitrogen and oxygen atoms in total. The Morgan fingerprint density at radius 1 is 0.535 bits per heavy atom. The molecule has 0 bridgehead atoms. The number of benzene rings is 5. The Kier molecular flexibility index (Phi) is 6.19. The van der Waals surface area contributed by atoms with Crippen molar-refractivity contribution in [2.45, 2.75) is 12.8 Å². The fourth-order valence-electron chi connectivity index (χ4n) is 6.54. The lowest BCUT2D eigenvalue weighted by molar-refractivity contribution is 0.678. The molecule has 1 unspecified atom stereocenters. The highest BCUT2D eigenvalue weighted by Crippen LogP contribution is 2.37. The summed E-state index contributed by atoms with van der Waals surface area (Å²) >= 11 is 0. The topological polar surface area (TPSA) is 25.8 Å². The molecule has 2 heteroatoms. The van der Waals surface area contributed by atoms with Gasteiger partial charge in [-0.05, 0) is 62.4 Å². The first kappa shape index (κ1) is 25.4. The summed E-state index contributed by atoms with van der Waals surface area (Å²) in [6, 6.07) is 47.7. The Labute approximate surface area is 251 Å². The molecule has 8 rings (SSSR count). The number of hydrogen-bond acceptors (Lipinski definition) is 2. The van der Waals surface area contributed by atoms with Gasteiger partial charge in [0.1, 0.15) is 0 Å². The maximum absolute atomic E-state index is 5.33. The predicted octanol–water partition coefficient (Wildman–Crippen LogP) is 8.78. The number of hydrogen-bond donors (Lipinski definition) is 0. The van der Waals surface area contributed by atoms with Gasteiger partial charge in [-0.25, -0.2) is 0 Å². The van der Waals surface area contributed by atoms with Crippen LogP contribution < -0.4 is 10.4 Å². The van der Waals surface area contributed by atoms with Crippen LogP contribution in [0, 0.1) is 5.92 Å². The predicted molar refractivity (Wildman–Crippen MR) is 180 cm³/mol. The van der Waals surface area contributed by atoms with E-state index in [1.165, 1.54) is 38.3 Å². The Morgan fingerprint density at radius 2 is 1.23 bits per heavy atom. The molecule has 7 aromatic rings. The summed E-state index contributed by atoms with van der Waals surface area (Å²) < 4.78 is 0. The first-order chi connectivity index (χ1) is 21.2. The van der Waals surface area contributed by atoms with Gasteiger partial charge in [0.05, 0.1) is 11.0 Å². The molecule has 1 aliphatic rings. The second-order valence-corrected chi connectivity index (χ2v) is 11.5. The van der Waals surface area contributed by atoms with Gasteiger partial charge in [0.2, 0.25) is 0 Å². The van der Waals surface area contributed by atoms with Gasteiger partial charge in [-0.2, -0.15) is 0 Å². The largest absolute Gasteiger partial charge is 0.256 e. The van der Waals surface area contributed by atoms with Crippen molar-refractivity contribution in [3.8, 4) is 33.4 Å². The fourth-order valence-corrected chi connectivity index (χ4v) is 6.54. The van der Waals surface area contributed by atoms with Crippen molar-refractivity contribution >= 4 is 34.0 Å². The fraction of sp³-hybridized carbons (Fsp3) is 0.0732. The van der Waals surface area contributed by atoms with Crippen LogP contribution in [0.4, 0.5) is 0 Å². The highest BCUT2D eigenvalue weighted by molar-refractivity contribution is 5.98. The van der Waals surface area contributed by atoms with E-state index in [1.54, 1.807) is 0 Å². The van der Waals surface area contributed by atoms with E-state index in [1.807, 2.05) is 12.3 Å². The number of rotatable bonds is 4. The number of nitrogens with zero attached hydrogens (tertiary/aromatic N) is 2. The zero-order chi connectivity index (χ0) is 28.8. The summed E-state index contributed by atoms with van der Waals surface area (Å²) in [5.41, 5.74) is 10.2. The molecule has 0 aliphatic heterocycles. The summed E-state index contributed by atoms with van der Waals surface area (Å²) in [4.78, 5) is 10.0. The third-order valence-electron chi connectivity index (χ3n) is 8.78. The van der Waals surface area contributed by atoms with E-state index in [0.29, 0.717) is 5.92 Å². The van der Waals surface area contributed by atoms with Crippen LogP contribution in [0.15, 0.2) is 140 Å². The monoisotopic (exact) mass is 550 g/mol. The van der Waals surface area contributed by atoms with Crippen LogP contribution >= 0.6 is 0 Å². The van der Waals surface area contributed by atoms with Crippen LogP contribution in [0.5, 0.6) is 0 Å². The maximum Gasteiger partial charge on any atom is 0.0780 e. The average molecular weight is 551 g/mol. The van der Waals surface area contributed by atoms with E-state index in [0.717, 1.165) is 33.1 Å². The SMILES string of the molecule is CC1C=c2ccccc2=C[C@@H]1c1cc(-c2ccc(-c3cccc4cccnc34)cc2)c2ccc(-c3ccccc3)cc2n1. The molecule has 0 saturated heterocycles. The summed E-state index contributed by atoms with van der Waals surface area (Å²) in [7, 11) is 0. The van der Waals surface area contributed by atoms with Gasteiger partial charge in [0.15, 0.2) is 0 Å². The molecule has 0 fully saturated rings. The zero-order valence-electron chi connectivity index (χ0n) is 24.0. The highest BCUT2D eigenvalue weighted by Gasteiger charge is 2.21. The third-order valence-corrected chi connectivity index (χ3v) is 8.78. The average Bonchev–Trinajstić information content (AvgIpc) is 3.07. The summed E-state index contributed by atoms with van der Waals surface area (Å²) in [5, 5.41) is 4.90. The molecule has 2 atom stereocenters. The van der Waals surface area contributed by atoms with E-state index in [-0.39, 0.29) is 5.92 Å². The van der Waals surface area contributed by atoms with Gasteiger partial charge in [-0.3, -0.25) is 9.97 Å². The van der Waals surface area contributed by atoms with Crippen molar-refractivity contribution in [3.05, 3.63) is 156 Å². The van der Waals surface area contributed by atoms with Gasteiger partial charge in [0, 0.05) is 34.1 Å². The second-order valence-electron chi connectivity index (χ2n) is 11.5. The molecule has 2 aromatic heterocycles. The maximum atomic E-state index is 5.33. The van der Waals surface area contributed by atoms with Crippen molar-refractivity contribution in [2.24, 2.45) is 5.92 Å². The molecule has 0 spiro atoms. The molecule has 204 valence electrons. The highest BCUT2D eigenvalue weighted by atomic mass is 14.7.